The standard InChI is InChI=1S/C14H11FN2O/c1-17-14-11(3-2-4-12(14)15)13(16-17)9-5-7-10(18)8-6-9/h2-8,18H,1H3. The van der Waals surface area contributed by atoms with E-state index in [0.717, 1.165) is 10.9 Å². The van der Waals surface area contributed by atoms with E-state index in [0.29, 0.717) is 11.2 Å². The molecule has 4 heteroatoms. The third-order valence-corrected chi connectivity index (χ3v) is 2.96. The zero-order chi connectivity index (χ0) is 12.7. The van der Waals surface area contributed by atoms with Crippen molar-refractivity contribution in [2.24, 2.45) is 7.05 Å². The molecule has 0 atom stereocenters. The summed E-state index contributed by atoms with van der Waals surface area (Å²) in [6, 6.07) is 11.6. The predicted molar refractivity (Wildman–Crippen MR) is 67.8 cm³/mol. The van der Waals surface area contributed by atoms with Gasteiger partial charge in [0, 0.05) is 18.0 Å². The third kappa shape index (κ3) is 1.54. The van der Waals surface area contributed by atoms with Gasteiger partial charge >= 0.3 is 0 Å². The molecule has 0 aliphatic carbocycles. The van der Waals surface area contributed by atoms with Crippen LogP contribution in [-0.4, -0.2) is 14.9 Å². The quantitative estimate of drug-likeness (QED) is 0.712. The molecule has 0 unspecified atom stereocenters. The van der Waals surface area contributed by atoms with Crippen LogP contribution in [0.1, 0.15) is 0 Å². The maximum Gasteiger partial charge on any atom is 0.149 e. The molecule has 0 aliphatic rings. The van der Waals surface area contributed by atoms with Gasteiger partial charge in [-0.15, -0.1) is 0 Å². The van der Waals surface area contributed by atoms with Crippen molar-refractivity contribution in [3.05, 3.63) is 48.3 Å². The Balaban J connectivity index is 2.30. The fourth-order valence-corrected chi connectivity index (χ4v) is 2.12. The fourth-order valence-electron chi connectivity index (χ4n) is 2.12. The Morgan fingerprint density at radius 1 is 1.11 bits per heavy atom. The van der Waals surface area contributed by atoms with E-state index in [1.165, 1.54) is 10.7 Å². The number of aromatic nitrogens is 2. The lowest BCUT2D eigenvalue weighted by atomic mass is 10.1. The molecule has 18 heavy (non-hydrogen) atoms. The normalized spacial score (nSPS) is 11.0. The number of halogens is 1. The Morgan fingerprint density at radius 2 is 1.83 bits per heavy atom. The molecule has 1 heterocycles. The molecule has 0 fully saturated rings. The van der Waals surface area contributed by atoms with Crippen molar-refractivity contribution in [3.63, 3.8) is 0 Å². The molecule has 3 nitrogen and oxygen atoms in total. The second kappa shape index (κ2) is 3.84. The minimum absolute atomic E-state index is 0.199. The van der Waals surface area contributed by atoms with E-state index in [-0.39, 0.29) is 11.6 Å². The molecule has 0 saturated carbocycles. The van der Waals surface area contributed by atoms with E-state index < -0.39 is 0 Å². The molecule has 0 aliphatic heterocycles. The van der Waals surface area contributed by atoms with Crippen LogP contribution in [0.3, 0.4) is 0 Å². The summed E-state index contributed by atoms with van der Waals surface area (Å²) in [6.45, 7) is 0. The summed E-state index contributed by atoms with van der Waals surface area (Å²) >= 11 is 0. The SMILES string of the molecule is Cn1nc(-c2ccc(O)cc2)c2cccc(F)c21. The number of para-hydroxylation sites is 1. The summed E-state index contributed by atoms with van der Waals surface area (Å²) in [6.07, 6.45) is 0. The van der Waals surface area contributed by atoms with Gasteiger partial charge in [0.2, 0.25) is 0 Å². The monoisotopic (exact) mass is 242 g/mol. The Hall–Kier alpha value is -2.36. The van der Waals surface area contributed by atoms with Crippen LogP contribution in [0.4, 0.5) is 4.39 Å². The first-order valence-corrected chi connectivity index (χ1v) is 5.57. The smallest absolute Gasteiger partial charge is 0.149 e. The first-order valence-electron chi connectivity index (χ1n) is 5.57. The van der Waals surface area contributed by atoms with E-state index in [9.17, 15) is 9.50 Å². The van der Waals surface area contributed by atoms with Crippen molar-refractivity contribution in [2.45, 2.75) is 0 Å². The third-order valence-electron chi connectivity index (χ3n) is 2.96. The molecule has 1 N–H and O–H groups in total. The lowest BCUT2D eigenvalue weighted by Crippen LogP contribution is -1.91. The van der Waals surface area contributed by atoms with Crippen molar-refractivity contribution >= 4 is 10.9 Å². The molecule has 0 saturated heterocycles. The average Bonchev–Trinajstić information content (AvgIpc) is 2.69. The maximum atomic E-state index is 13.7. The lowest BCUT2D eigenvalue weighted by molar-refractivity contribution is 0.475. The molecule has 0 spiro atoms. The molecular weight excluding hydrogens is 231 g/mol. The summed E-state index contributed by atoms with van der Waals surface area (Å²) < 4.78 is 15.3. The molecule has 3 rings (SSSR count). The highest BCUT2D eigenvalue weighted by molar-refractivity contribution is 5.93. The topological polar surface area (TPSA) is 38.0 Å². The average molecular weight is 242 g/mol. The summed E-state index contributed by atoms with van der Waals surface area (Å²) in [5.41, 5.74) is 2.05. The predicted octanol–water partition coefficient (Wildman–Crippen LogP) is 3.09. The van der Waals surface area contributed by atoms with Crippen molar-refractivity contribution in [3.8, 4) is 17.0 Å². The summed E-state index contributed by atoms with van der Waals surface area (Å²) in [5.74, 6) is -0.0855. The van der Waals surface area contributed by atoms with Gasteiger partial charge in [0.25, 0.3) is 0 Å². The van der Waals surface area contributed by atoms with Gasteiger partial charge in [0.1, 0.15) is 22.8 Å². The van der Waals surface area contributed by atoms with Crippen molar-refractivity contribution < 1.29 is 9.50 Å². The minimum atomic E-state index is -0.285. The van der Waals surface area contributed by atoms with Crippen molar-refractivity contribution in [1.29, 1.82) is 0 Å². The van der Waals surface area contributed by atoms with Gasteiger partial charge in [-0.1, -0.05) is 12.1 Å². The number of fused-ring (bicyclic) bond motifs is 1. The van der Waals surface area contributed by atoms with Crippen LogP contribution < -0.4 is 0 Å². The van der Waals surface area contributed by atoms with E-state index in [2.05, 4.69) is 5.10 Å². The highest BCUT2D eigenvalue weighted by Crippen LogP contribution is 2.29. The number of phenols is 1. The van der Waals surface area contributed by atoms with E-state index in [1.807, 2.05) is 6.07 Å². The van der Waals surface area contributed by atoms with Gasteiger partial charge in [0.05, 0.1) is 0 Å². The zero-order valence-corrected chi connectivity index (χ0v) is 9.76. The summed E-state index contributed by atoms with van der Waals surface area (Å²) in [4.78, 5) is 0. The number of hydrogen-bond acceptors (Lipinski definition) is 2. The zero-order valence-electron chi connectivity index (χ0n) is 9.76. The Bertz CT molecular complexity index is 716. The fraction of sp³-hybridized carbons (Fsp3) is 0.0714. The lowest BCUT2D eigenvalue weighted by Gasteiger charge is -1.98. The van der Waals surface area contributed by atoms with Gasteiger partial charge in [-0.2, -0.15) is 5.10 Å². The number of nitrogens with zero attached hydrogens (tertiary/aromatic N) is 2. The van der Waals surface area contributed by atoms with E-state index >= 15 is 0 Å². The number of benzene rings is 2. The van der Waals surface area contributed by atoms with Gasteiger partial charge < -0.3 is 5.11 Å². The van der Waals surface area contributed by atoms with E-state index in [4.69, 9.17) is 0 Å². The van der Waals surface area contributed by atoms with Gasteiger partial charge in [-0.3, -0.25) is 4.68 Å². The largest absolute Gasteiger partial charge is 0.508 e. The second-order valence-corrected chi connectivity index (χ2v) is 4.16. The van der Waals surface area contributed by atoms with Crippen LogP contribution in [-0.2, 0) is 7.05 Å². The molecular formula is C14H11FN2O. The van der Waals surface area contributed by atoms with Gasteiger partial charge in [-0.25, -0.2) is 4.39 Å². The van der Waals surface area contributed by atoms with Gasteiger partial charge in [-0.05, 0) is 30.3 Å². The molecule has 0 bridgehead atoms. The number of phenolic OH excluding ortho intramolecular Hbond substituents is 1. The molecule has 0 amide bonds. The maximum absolute atomic E-state index is 13.7. The van der Waals surface area contributed by atoms with Crippen molar-refractivity contribution in [2.75, 3.05) is 0 Å². The number of rotatable bonds is 1. The molecule has 3 aromatic rings. The second-order valence-electron chi connectivity index (χ2n) is 4.16. The minimum Gasteiger partial charge on any atom is -0.508 e. The van der Waals surface area contributed by atoms with Crippen LogP contribution >= 0.6 is 0 Å². The first-order chi connectivity index (χ1) is 8.66. The first kappa shape index (κ1) is 10.8. The van der Waals surface area contributed by atoms with Gasteiger partial charge in [0.15, 0.2) is 0 Å². The summed E-state index contributed by atoms with van der Waals surface area (Å²) in [5, 5.41) is 14.4. The highest BCUT2D eigenvalue weighted by atomic mass is 19.1. The molecule has 2 aromatic carbocycles. The van der Waals surface area contributed by atoms with E-state index in [1.54, 1.807) is 37.4 Å². The Kier molecular flexibility index (Phi) is 2.30. The Morgan fingerprint density at radius 3 is 2.56 bits per heavy atom. The molecule has 90 valence electrons. The number of aromatic hydroxyl groups is 1. The van der Waals surface area contributed by atoms with Crippen LogP contribution in [0.2, 0.25) is 0 Å². The van der Waals surface area contributed by atoms with Crippen LogP contribution in [0.15, 0.2) is 42.5 Å². The number of hydrogen-bond donors (Lipinski definition) is 1. The van der Waals surface area contributed by atoms with Crippen molar-refractivity contribution in [1.82, 2.24) is 9.78 Å². The molecule has 0 radical (unpaired) electrons. The molecule has 1 aromatic heterocycles. The Labute approximate surface area is 103 Å². The van der Waals surface area contributed by atoms with Crippen LogP contribution in [0.25, 0.3) is 22.2 Å². The number of aryl methyl sites for hydroxylation is 1. The highest BCUT2D eigenvalue weighted by Gasteiger charge is 2.13. The van der Waals surface area contributed by atoms with Crippen LogP contribution in [0.5, 0.6) is 5.75 Å². The summed E-state index contributed by atoms with van der Waals surface area (Å²) in [7, 11) is 1.72. The van der Waals surface area contributed by atoms with Crippen LogP contribution in [0, 0.1) is 5.82 Å².